The van der Waals surface area contributed by atoms with Gasteiger partial charge in [-0.15, -0.1) is 0 Å². The summed E-state index contributed by atoms with van der Waals surface area (Å²) in [5.41, 5.74) is -0.627. The number of amides is 1. The molecule has 2 unspecified atom stereocenters. The number of benzene rings is 1. The van der Waals surface area contributed by atoms with E-state index >= 15 is 0 Å². The third kappa shape index (κ3) is 7.85. The zero-order valence-electron chi connectivity index (χ0n) is 14.7. The van der Waals surface area contributed by atoms with Crippen molar-refractivity contribution in [1.29, 1.82) is 0 Å². The number of anilines is 1. The Labute approximate surface area is 150 Å². The summed E-state index contributed by atoms with van der Waals surface area (Å²) in [5.74, 6) is -0.401. The van der Waals surface area contributed by atoms with Crippen LogP contribution >= 0.6 is 11.8 Å². The number of ether oxygens (including phenoxy) is 1. The van der Waals surface area contributed by atoms with Crippen molar-refractivity contribution in [3.63, 3.8) is 0 Å². The van der Waals surface area contributed by atoms with Crippen LogP contribution in [-0.2, 0) is 9.53 Å². The van der Waals surface area contributed by atoms with Crippen LogP contribution in [0.2, 0.25) is 0 Å². The zero-order valence-corrected chi connectivity index (χ0v) is 15.5. The lowest BCUT2D eigenvalue weighted by Crippen LogP contribution is -2.27. The lowest BCUT2D eigenvalue weighted by molar-refractivity contribution is -0.109. The van der Waals surface area contributed by atoms with Crippen LogP contribution in [-0.4, -0.2) is 38.9 Å². The average Bonchev–Trinajstić information content (AvgIpc) is 2.46. The van der Waals surface area contributed by atoms with Gasteiger partial charge in [-0.1, -0.05) is 17.8 Å². The monoisotopic (exact) mass is 373 g/mol. The maximum absolute atomic E-state index is 14.1. The van der Waals surface area contributed by atoms with Crippen molar-refractivity contribution in [2.24, 2.45) is 0 Å². The first-order valence-corrected chi connectivity index (χ1v) is 8.77. The molecule has 0 saturated heterocycles. The number of rotatable bonds is 6. The van der Waals surface area contributed by atoms with Gasteiger partial charge in [0.05, 0.1) is 11.8 Å². The van der Waals surface area contributed by atoms with Crippen molar-refractivity contribution in [3.05, 3.63) is 29.6 Å². The average molecular weight is 373 g/mol. The standard InChI is InChI=1S/C17H24FNO5S/c1-10(20)25-8-7-14(21)15(22)11-5-6-13(12(18)9-11)19-16(23)24-17(2,3)4/h5-6,9,14-15,21-22H,7-8H2,1-4H3,(H,19,23). The molecule has 0 saturated carbocycles. The maximum Gasteiger partial charge on any atom is 0.412 e. The fourth-order valence-electron chi connectivity index (χ4n) is 1.93. The second kappa shape index (κ2) is 9.17. The van der Waals surface area contributed by atoms with E-state index in [1.54, 1.807) is 20.8 Å². The second-order valence-electron chi connectivity index (χ2n) is 6.51. The fourth-order valence-corrected chi connectivity index (χ4v) is 2.58. The normalized spacial score (nSPS) is 13.9. The molecule has 140 valence electrons. The van der Waals surface area contributed by atoms with E-state index in [0.29, 0.717) is 5.75 Å². The highest BCUT2D eigenvalue weighted by molar-refractivity contribution is 8.13. The van der Waals surface area contributed by atoms with Gasteiger partial charge in [0.1, 0.15) is 17.5 Å². The Morgan fingerprint density at radius 3 is 2.48 bits per heavy atom. The Morgan fingerprint density at radius 1 is 1.32 bits per heavy atom. The minimum Gasteiger partial charge on any atom is -0.444 e. The molecule has 1 amide bonds. The minimum atomic E-state index is -1.29. The number of halogens is 1. The highest BCUT2D eigenvalue weighted by Crippen LogP contribution is 2.25. The quantitative estimate of drug-likeness (QED) is 0.708. The molecule has 1 rings (SSSR count). The van der Waals surface area contributed by atoms with Gasteiger partial charge in [0, 0.05) is 12.7 Å². The molecule has 0 radical (unpaired) electrons. The van der Waals surface area contributed by atoms with E-state index in [4.69, 9.17) is 4.74 Å². The van der Waals surface area contributed by atoms with E-state index < -0.39 is 29.7 Å². The summed E-state index contributed by atoms with van der Waals surface area (Å²) in [6.07, 6.45) is -3.03. The molecule has 0 aromatic heterocycles. The molecular weight excluding hydrogens is 349 g/mol. The molecule has 0 fully saturated rings. The predicted molar refractivity (Wildman–Crippen MR) is 95.0 cm³/mol. The van der Waals surface area contributed by atoms with E-state index in [-0.39, 0.29) is 22.8 Å². The molecule has 0 aliphatic carbocycles. The zero-order chi connectivity index (χ0) is 19.2. The van der Waals surface area contributed by atoms with Crippen LogP contribution in [0.25, 0.3) is 0 Å². The van der Waals surface area contributed by atoms with Crippen molar-refractivity contribution in [3.8, 4) is 0 Å². The summed E-state index contributed by atoms with van der Waals surface area (Å²) in [4.78, 5) is 22.5. The Bertz CT molecular complexity index is 618. The van der Waals surface area contributed by atoms with Crippen LogP contribution in [0.4, 0.5) is 14.9 Å². The summed E-state index contributed by atoms with van der Waals surface area (Å²) in [7, 11) is 0. The van der Waals surface area contributed by atoms with Gasteiger partial charge in [0.25, 0.3) is 0 Å². The summed E-state index contributed by atoms with van der Waals surface area (Å²) < 4.78 is 19.2. The smallest absolute Gasteiger partial charge is 0.412 e. The van der Waals surface area contributed by atoms with Crippen molar-refractivity contribution >= 4 is 28.7 Å². The largest absolute Gasteiger partial charge is 0.444 e. The topological polar surface area (TPSA) is 95.9 Å². The Hall–Kier alpha value is -1.64. The number of aliphatic hydroxyl groups is 2. The highest BCUT2D eigenvalue weighted by atomic mass is 32.2. The number of hydrogen-bond acceptors (Lipinski definition) is 6. The van der Waals surface area contributed by atoms with Crippen LogP contribution < -0.4 is 5.32 Å². The first-order valence-electron chi connectivity index (χ1n) is 7.78. The molecule has 0 spiro atoms. The van der Waals surface area contributed by atoms with Crippen molar-refractivity contribution < 1.29 is 28.9 Å². The third-order valence-corrected chi connectivity index (χ3v) is 3.90. The lowest BCUT2D eigenvalue weighted by Gasteiger charge is -2.20. The van der Waals surface area contributed by atoms with Gasteiger partial charge in [0.15, 0.2) is 5.12 Å². The SMILES string of the molecule is CC(=O)SCCC(O)C(O)c1ccc(NC(=O)OC(C)(C)C)c(F)c1. The highest BCUT2D eigenvalue weighted by Gasteiger charge is 2.21. The lowest BCUT2D eigenvalue weighted by atomic mass is 10.0. The maximum atomic E-state index is 14.1. The molecule has 0 aliphatic rings. The summed E-state index contributed by atoms with van der Waals surface area (Å²) in [6, 6.07) is 3.73. The van der Waals surface area contributed by atoms with E-state index in [1.165, 1.54) is 19.1 Å². The number of carbonyl (C=O) groups excluding carboxylic acids is 2. The molecule has 0 aliphatic heterocycles. The van der Waals surface area contributed by atoms with Crippen molar-refractivity contribution in [2.75, 3.05) is 11.1 Å². The number of nitrogens with one attached hydrogen (secondary N) is 1. The molecule has 3 N–H and O–H groups in total. The second-order valence-corrected chi connectivity index (χ2v) is 7.78. The predicted octanol–water partition coefficient (Wildman–Crippen LogP) is 3.24. The molecule has 6 nitrogen and oxygen atoms in total. The van der Waals surface area contributed by atoms with E-state index in [0.717, 1.165) is 17.8 Å². The van der Waals surface area contributed by atoms with Gasteiger partial charge >= 0.3 is 6.09 Å². The van der Waals surface area contributed by atoms with Gasteiger partial charge in [-0.25, -0.2) is 9.18 Å². The van der Waals surface area contributed by atoms with Crippen molar-refractivity contribution in [2.45, 2.75) is 51.9 Å². The number of hydrogen-bond donors (Lipinski definition) is 3. The molecule has 0 heterocycles. The summed E-state index contributed by atoms with van der Waals surface area (Å²) in [5, 5.41) is 22.2. The minimum absolute atomic E-state index is 0.0784. The molecule has 0 bridgehead atoms. The van der Waals surface area contributed by atoms with Gasteiger partial charge in [-0.05, 0) is 44.9 Å². The van der Waals surface area contributed by atoms with E-state index in [9.17, 15) is 24.2 Å². The summed E-state index contributed by atoms with van der Waals surface area (Å²) in [6.45, 7) is 6.48. The van der Waals surface area contributed by atoms with Gasteiger partial charge < -0.3 is 14.9 Å². The molecule has 8 heteroatoms. The van der Waals surface area contributed by atoms with Crippen molar-refractivity contribution in [1.82, 2.24) is 0 Å². The first kappa shape index (κ1) is 21.4. The molecular formula is C17H24FNO5S. The van der Waals surface area contributed by atoms with Crippen LogP contribution in [0.5, 0.6) is 0 Å². The van der Waals surface area contributed by atoms with E-state index in [2.05, 4.69) is 5.32 Å². The van der Waals surface area contributed by atoms with Crippen LogP contribution in [0.3, 0.4) is 0 Å². The van der Waals surface area contributed by atoms with Crippen LogP contribution in [0.15, 0.2) is 18.2 Å². The Morgan fingerprint density at radius 2 is 1.96 bits per heavy atom. The molecule has 1 aromatic carbocycles. The fraction of sp³-hybridized carbons (Fsp3) is 0.529. The number of carbonyl (C=O) groups is 2. The summed E-state index contributed by atoms with van der Waals surface area (Å²) >= 11 is 1.04. The number of aliphatic hydroxyl groups excluding tert-OH is 2. The molecule has 1 aromatic rings. The Kier molecular flexibility index (Phi) is 7.85. The molecule has 2 atom stereocenters. The van der Waals surface area contributed by atoms with Gasteiger partial charge in [-0.3, -0.25) is 10.1 Å². The number of thioether (sulfide) groups is 1. The van der Waals surface area contributed by atoms with Gasteiger partial charge in [0.2, 0.25) is 0 Å². The van der Waals surface area contributed by atoms with Gasteiger partial charge in [-0.2, -0.15) is 0 Å². The van der Waals surface area contributed by atoms with Crippen LogP contribution in [0.1, 0.15) is 45.8 Å². The van der Waals surface area contributed by atoms with Crippen LogP contribution in [0, 0.1) is 5.82 Å². The Balaban J connectivity index is 2.70. The first-order chi connectivity index (χ1) is 11.5. The van der Waals surface area contributed by atoms with E-state index in [1.807, 2.05) is 0 Å². The molecule has 25 heavy (non-hydrogen) atoms. The third-order valence-electron chi connectivity index (χ3n) is 3.05.